The molecule has 2 aliphatic heterocycles. The molecular formula is C27H27N3O4. The highest BCUT2D eigenvalue weighted by Crippen LogP contribution is 2.39. The topological polar surface area (TPSA) is 80.8 Å². The molecule has 0 aliphatic carbocycles. The number of carbonyl (C=O) groups excluding carboxylic acids is 2. The standard InChI is InChI=1S/C27H27N3O4/c1-33-25-16-20(9-12-28-25)26(18-5-3-2-4-6-18)19-10-13-30(14-11-19)27(32)21-7-8-23-22(15-21)29-24(31)17-34-23/h2-9,12,15-16,19,26H,10-11,13-14,17H2,1H3,(H,29,31)/t26-/m1/s1. The van der Waals surface area contributed by atoms with Crippen molar-refractivity contribution in [3.8, 4) is 11.6 Å². The van der Waals surface area contributed by atoms with E-state index in [2.05, 4.69) is 40.6 Å². The first-order chi connectivity index (χ1) is 16.6. The molecule has 1 N–H and O–H groups in total. The van der Waals surface area contributed by atoms with Crippen molar-refractivity contribution >= 4 is 17.5 Å². The van der Waals surface area contributed by atoms with Gasteiger partial charge in [-0.1, -0.05) is 30.3 Å². The van der Waals surface area contributed by atoms with Gasteiger partial charge in [-0.3, -0.25) is 9.59 Å². The van der Waals surface area contributed by atoms with Crippen LogP contribution in [-0.2, 0) is 4.79 Å². The van der Waals surface area contributed by atoms with Gasteiger partial charge in [-0.2, -0.15) is 0 Å². The minimum Gasteiger partial charge on any atom is -0.482 e. The zero-order valence-corrected chi connectivity index (χ0v) is 19.1. The molecule has 2 amide bonds. The summed E-state index contributed by atoms with van der Waals surface area (Å²) < 4.78 is 10.8. The molecule has 174 valence electrons. The molecule has 1 saturated heterocycles. The number of rotatable bonds is 5. The van der Waals surface area contributed by atoms with Crippen molar-refractivity contribution < 1.29 is 19.1 Å². The predicted octanol–water partition coefficient (Wildman–Crippen LogP) is 4.11. The van der Waals surface area contributed by atoms with E-state index in [9.17, 15) is 9.59 Å². The van der Waals surface area contributed by atoms with E-state index in [0.717, 1.165) is 12.8 Å². The molecule has 1 fully saturated rings. The maximum absolute atomic E-state index is 13.2. The predicted molar refractivity (Wildman–Crippen MR) is 128 cm³/mol. The van der Waals surface area contributed by atoms with E-state index < -0.39 is 0 Å². The molecule has 5 rings (SSSR count). The van der Waals surface area contributed by atoms with E-state index >= 15 is 0 Å². The Morgan fingerprint density at radius 1 is 1.09 bits per heavy atom. The monoisotopic (exact) mass is 457 g/mol. The van der Waals surface area contributed by atoms with Gasteiger partial charge in [-0.15, -0.1) is 0 Å². The number of nitrogens with one attached hydrogen (secondary N) is 1. The first-order valence-corrected chi connectivity index (χ1v) is 11.5. The zero-order chi connectivity index (χ0) is 23.5. The molecule has 0 unspecified atom stereocenters. The van der Waals surface area contributed by atoms with Gasteiger partial charge in [0.25, 0.3) is 11.8 Å². The molecule has 1 atom stereocenters. The average molecular weight is 458 g/mol. The second kappa shape index (κ2) is 9.55. The number of piperidine rings is 1. The molecule has 1 aromatic heterocycles. The minimum absolute atomic E-state index is 0.000259. The number of carbonyl (C=O) groups is 2. The third-order valence-electron chi connectivity index (χ3n) is 6.64. The van der Waals surface area contributed by atoms with Crippen molar-refractivity contribution in [3.63, 3.8) is 0 Å². The summed E-state index contributed by atoms with van der Waals surface area (Å²) in [6.45, 7) is 1.35. The van der Waals surface area contributed by atoms with Crippen LogP contribution < -0.4 is 14.8 Å². The second-order valence-electron chi connectivity index (χ2n) is 8.70. The van der Waals surface area contributed by atoms with Crippen molar-refractivity contribution in [2.75, 3.05) is 32.1 Å². The van der Waals surface area contributed by atoms with Crippen LogP contribution in [0.3, 0.4) is 0 Å². The molecule has 34 heavy (non-hydrogen) atoms. The number of anilines is 1. The highest BCUT2D eigenvalue weighted by molar-refractivity contribution is 5.99. The molecule has 0 bridgehead atoms. The summed E-state index contributed by atoms with van der Waals surface area (Å²) in [7, 11) is 1.63. The maximum Gasteiger partial charge on any atom is 0.262 e. The van der Waals surface area contributed by atoms with Crippen molar-refractivity contribution in [2.45, 2.75) is 18.8 Å². The van der Waals surface area contributed by atoms with Gasteiger partial charge >= 0.3 is 0 Å². The molecule has 2 aromatic carbocycles. The van der Waals surface area contributed by atoms with Gasteiger partial charge in [-0.05, 0) is 54.2 Å². The number of likely N-dealkylation sites (tertiary alicyclic amines) is 1. The van der Waals surface area contributed by atoms with Gasteiger partial charge in [0, 0.05) is 36.8 Å². The highest BCUT2D eigenvalue weighted by atomic mass is 16.5. The number of hydrogen-bond donors (Lipinski definition) is 1. The van der Waals surface area contributed by atoms with E-state index in [1.165, 1.54) is 11.1 Å². The fourth-order valence-corrected chi connectivity index (χ4v) is 4.96. The number of amides is 2. The molecule has 3 heterocycles. The largest absolute Gasteiger partial charge is 0.482 e. The molecule has 0 spiro atoms. The van der Waals surface area contributed by atoms with Crippen LogP contribution in [0.2, 0.25) is 0 Å². The molecular weight excluding hydrogens is 430 g/mol. The lowest BCUT2D eigenvalue weighted by Crippen LogP contribution is -2.40. The van der Waals surface area contributed by atoms with Crippen LogP contribution in [0.5, 0.6) is 11.6 Å². The molecule has 0 radical (unpaired) electrons. The molecule has 3 aromatic rings. The summed E-state index contributed by atoms with van der Waals surface area (Å²) in [5.74, 6) is 1.55. The number of ether oxygens (including phenoxy) is 2. The Bertz CT molecular complexity index is 1190. The first kappa shape index (κ1) is 21.9. The van der Waals surface area contributed by atoms with E-state index in [-0.39, 0.29) is 24.3 Å². The highest BCUT2D eigenvalue weighted by Gasteiger charge is 2.31. The fourth-order valence-electron chi connectivity index (χ4n) is 4.96. The second-order valence-corrected chi connectivity index (χ2v) is 8.70. The quantitative estimate of drug-likeness (QED) is 0.624. The number of pyridine rings is 1. The lowest BCUT2D eigenvalue weighted by atomic mass is 9.76. The lowest BCUT2D eigenvalue weighted by molar-refractivity contribution is -0.118. The average Bonchev–Trinajstić information content (AvgIpc) is 2.89. The Morgan fingerprint density at radius 2 is 1.88 bits per heavy atom. The Kier molecular flexibility index (Phi) is 6.16. The van der Waals surface area contributed by atoms with E-state index in [1.807, 2.05) is 17.0 Å². The van der Waals surface area contributed by atoms with Crippen LogP contribution in [0.15, 0.2) is 66.9 Å². The number of hydrogen-bond acceptors (Lipinski definition) is 5. The van der Waals surface area contributed by atoms with Crippen LogP contribution in [-0.4, -0.2) is 48.5 Å². The van der Waals surface area contributed by atoms with E-state index in [1.54, 1.807) is 31.5 Å². The van der Waals surface area contributed by atoms with Gasteiger partial charge in [0.2, 0.25) is 5.88 Å². The summed E-state index contributed by atoms with van der Waals surface area (Å²) in [6.07, 6.45) is 3.57. The third kappa shape index (κ3) is 4.46. The van der Waals surface area contributed by atoms with Crippen LogP contribution in [0, 0.1) is 5.92 Å². The van der Waals surface area contributed by atoms with Crippen LogP contribution >= 0.6 is 0 Å². The minimum atomic E-state index is -0.211. The van der Waals surface area contributed by atoms with E-state index in [4.69, 9.17) is 9.47 Å². The van der Waals surface area contributed by atoms with Crippen LogP contribution in [0.4, 0.5) is 5.69 Å². The number of benzene rings is 2. The first-order valence-electron chi connectivity index (χ1n) is 11.5. The summed E-state index contributed by atoms with van der Waals surface area (Å²) >= 11 is 0. The molecule has 7 heteroatoms. The summed E-state index contributed by atoms with van der Waals surface area (Å²) in [5, 5.41) is 2.78. The normalized spacial score (nSPS) is 16.7. The van der Waals surface area contributed by atoms with Crippen LogP contribution in [0.1, 0.15) is 40.2 Å². The number of fused-ring (bicyclic) bond motifs is 1. The Morgan fingerprint density at radius 3 is 2.65 bits per heavy atom. The number of nitrogens with zero attached hydrogens (tertiary/aromatic N) is 2. The van der Waals surface area contributed by atoms with Gasteiger partial charge in [-0.25, -0.2) is 4.98 Å². The van der Waals surface area contributed by atoms with E-state index in [0.29, 0.717) is 41.9 Å². The SMILES string of the molecule is COc1cc([C@H](c2ccccc2)C2CCN(C(=O)c3ccc4c(c3)NC(=O)CO4)CC2)ccn1. The van der Waals surface area contributed by atoms with Crippen molar-refractivity contribution in [2.24, 2.45) is 5.92 Å². The van der Waals surface area contributed by atoms with Crippen molar-refractivity contribution in [1.29, 1.82) is 0 Å². The summed E-state index contributed by atoms with van der Waals surface area (Å²) in [4.78, 5) is 31.0. The summed E-state index contributed by atoms with van der Waals surface area (Å²) in [6, 6.07) is 19.8. The van der Waals surface area contributed by atoms with Gasteiger partial charge in [0.1, 0.15) is 5.75 Å². The Labute approximate surface area is 198 Å². The fraction of sp³-hybridized carbons (Fsp3) is 0.296. The lowest BCUT2D eigenvalue weighted by Gasteiger charge is -2.37. The smallest absolute Gasteiger partial charge is 0.262 e. The molecule has 0 saturated carbocycles. The zero-order valence-electron chi connectivity index (χ0n) is 19.1. The molecule has 7 nitrogen and oxygen atoms in total. The van der Waals surface area contributed by atoms with Gasteiger partial charge < -0.3 is 19.7 Å². The van der Waals surface area contributed by atoms with Crippen LogP contribution in [0.25, 0.3) is 0 Å². The maximum atomic E-state index is 13.2. The van der Waals surface area contributed by atoms with Gasteiger partial charge in [0.15, 0.2) is 6.61 Å². The third-order valence-corrected chi connectivity index (χ3v) is 6.64. The number of methoxy groups -OCH3 is 1. The Balaban J connectivity index is 1.33. The Hall–Kier alpha value is -3.87. The summed E-state index contributed by atoms with van der Waals surface area (Å²) in [5.41, 5.74) is 3.54. The van der Waals surface area contributed by atoms with Crippen molar-refractivity contribution in [1.82, 2.24) is 9.88 Å². The molecule has 2 aliphatic rings. The number of aromatic nitrogens is 1. The van der Waals surface area contributed by atoms with Crippen molar-refractivity contribution in [3.05, 3.63) is 83.6 Å². The van der Waals surface area contributed by atoms with Gasteiger partial charge in [0.05, 0.1) is 12.8 Å².